The SMILES string of the molecule is CCOC(=O)OC1=C(c2c(C)cc(C)cc2C)C(=O)O[C@]12CC[C@]1(CCCO1)CC2. The molecular weight excluding hydrogens is 384 g/mol. The number of esters is 1. The van der Waals surface area contributed by atoms with Crippen molar-refractivity contribution in [1.29, 1.82) is 0 Å². The van der Waals surface area contributed by atoms with Crippen LogP contribution in [0.4, 0.5) is 4.79 Å². The highest BCUT2D eigenvalue weighted by atomic mass is 16.7. The molecule has 0 aromatic heterocycles. The Labute approximate surface area is 177 Å². The summed E-state index contributed by atoms with van der Waals surface area (Å²) >= 11 is 0. The Kier molecular flexibility index (Phi) is 5.39. The molecule has 0 bridgehead atoms. The zero-order valence-corrected chi connectivity index (χ0v) is 18.3. The number of aryl methyl sites for hydroxylation is 3. The van der Waals surface area contributed by atoms with E-state index >= 15 is 0 Å². The van der Waals surface area contributed by atoms with Gasteiger partial charge >= 0.3 is 12.1 Å². The number of carbonyl (C=O) groups is 2. The predicted octanol–water partition coefficient (Wildman–Crippen LogP) is 4.91. The minimum absolute atomic E-state index is 0.134. The van der Waals surface area contributed by atoms with Gasteiger partial charge in [-0.25, -0.2) is 9.59 Å². The average molecular weight is 414 g/mol. The third-order valence-corrected chi connectivity index (χ3v) is 6.66. The second kappa shape index (κ2) is 7.73. The summed E-state index contributed by atoms with van der Waals surface area (Å²) in [6.07, 6.45) is 3.97. The van der Waals surface area contributed by atoms with Gasteiger partial charge in [-0.3, -0.25) is 0 Å². The van der Waals surface area contributed by atoms with Gasteiger partial charge in [-0.1, -0.05) is 17.7 Å². The molecule has 1 aliphatic carbocycles. The zero-order valence-electron chi connectivity index (χ0n) is 18.3. The summed E-state index contributed by atoms with van der Waals surface area (Å²) in [5, 5.41) is 0. The molecule has 162 valence electrons. The smallest absolute Gasteiger partial charge is 0.447 e. The molecule has 2 fully saturated rings. The lowest BCUT2D eigenvalue weighted by Gasteiger charge is -2.41. The second-order valence-electron chi connectivity index (χ2n) is 8.78. The molecule has 0 N–H and O–H groups in total. The first kappa shape index (κ1) is 20.9. The molecule has 0 radical (unpaired) electrons. The van der Waals surface area contributed by atoms with Crippen LogP contribution in [-0.4, -0.2) is 36.5 Å². The number of ether oxygens (including phenoxy) is 4. The molecule has 1 saturated heterocycles. The normalized spacial score (nSPS) is 28.3. The van der Waals surface area contributed by atoms with Crippen molar-refractivity contribution in [3.63, 3.8) is 0 Å². The Morgan fingerprint density at radius 3 is 2.30 bits per heavy atom. The maximum absolute atomic E-state index is 13.2. The van der Waals surface area contributed by atoms with Crippen molar-refractivity contribution in [3.8, 4) is 0 Å². The van der Waals surface area contributed by atoms with Gasteiger partial charge in [-0.05, 0) is 82.9 Å². The maximum atomic E-state index is 13.2. The minimum Gasteiger partial charge on any atom is -0.447 e. The summed E-state index contributed by atoms with van der Waals surface area (Å²) in [6, 6.07) is 4.05. The van der Waals surface area contributed by atoms with Crippen molar-refractivity contribution in [2.24, 2.45) is 0 Å². The van der Waals surface area contributed by atoms with Gasteiger partial charge in [0.2, 0.25) is 0 Å². The molecule has 1 aromatic rings. The van der Waals surface area contributed by atoms with Crippen LogP contribution in [0.15, 0.2) is 17.9 Å². The Hall–Kier alpha value is -2.34. The van der Waals surface area contributed by atoms with Crippen molar-refractivity contribution in [2.75, 3.05) is 13.2 Å². The van der Waals surface area contributed by atoms with Crippen LogP contribution in [0.1, 0.15) is 67.7 Å². The molecule has 4 rings (SSSR count). The first-order valence-electron chi connectivity index (χ1n) is 10.8. The first-order chi connectivity index (χ1) is 14.3. The van der Waals surface area contributed by atoms with E-state index in [1.807, 2.05) is 32.9 Å². The molecule has 0 amide bonds. The molecule has 2 aliphatic heterocycles. The number of benzene rings is 1. The third kappa shape index (κ3) is 3.51. The van der Waals surface area contributed by atoms with E-state index in [0.29, 0.717) is 24.2 Å². The lowest BCUT2D eigenvalue weighted by molar-refractivity contribution is -0.156. The number of hydrogen-bond acceptors (Lipinski definition) is 6. The number of rotatable bonds is 3. The standard InChI is InChI=1S/C24H30O6/c1-5-27-22(26)29-20-19(18-16(3)13-15(2)14-17(18)4)21(25)30-24(20)10-8-23(9-11-24)7-6-12-28-23/h13-14H,5-12H2,1-4H3/t23-,24+. The van der Waals surface area contributed by atoms with Crippen molar-refractivity contribution in [3.05, 3.63) is 40.1 Å². The summed E-state index contributed by atoms with van der Waals surface area (Å²) in [5.74, 6) is -0.138. The topological polar surface area (TPSA) is 71.1 Å². The van der Waals surface area contributed by atoms with Gasteiger partial charge in [-0.2, -0.15) is 0 Å². The fourth-order valence-electron chi connectivity index (χ4n) is 5.35. The average Bonchev–Trinajstić information content (AvgIpc) is 3.23. The molecule has 6 nitrogen and oxygen atoms in total. The quantitative estimate of drug-likeness (QED) is 0.654. The van der Waals surface area contributed by atoms with E-state index < -0.39 is 17.7 Å². The second-order valence-corrected chi connectivity index (χ2v) is 8.78. The van der Waals surface area contributed by atoms with Crippen LogP contribution in [0, 0.1) is 20.8 Å². The highest BCUT2D eigenvalue weighted by molar-refractivity contribution is 6.20. The van der Waals surface area contributed by atoms with Crippen LogP contribution in [0.25, 0.3) is 5.57 Å². The monoisotopic (exact) mass is 414 g/mol. The van der Waals surface area contributed by atoms with Crippen LogP contribution >= 0.6 is 0 Å². The Morgan fingerprint density at radius 1 is 1.07 bits per heavy atom. The summed E-state index contributed by atoms with van der Waals surface area (Å²) in [5.41, 5.74) is 3.06. The van der Waals surface area contributed by atoms with Gasteiger partial charge in [-0.15, -0.1) is 0 Å². The lowest BCUT2D eigenvalue weighted by atomic mass is 9.73. The van der Waals surface area contributed by atoms with Gasteiger partial charge in [0.1, 0.15) is 5.57 Å². The van der Waals surface area contributed by atoms with Crippen LogP contribution in [-0.2, 0) is 23.7 Å². The summed E-state index contributed by atoms with van der Waals surface area (Å²) in [7, 11) is 0. The first-order valence-corrected chi connectivity index (χ1v) is 10.8. The number of hydrogen-bond donors (Lipinski definition) is 0. The molecule has 2 spiro atoms. The highest BCUT2D eigenvalue weighted by Gasteiger charge is 2.56. The van der Waals surface area contributed by atoms with Crippen LogP contribution in [0.3, 0.4) is 0 Å². The Morgan fingerprint density at radius 2 is 1.73 bits per heavy atom. The van der Waals surface area contributed by atoms with Crippen molar-refractivity contribution in [1.82, 2.24) is 0 Å². The summed E-state index contributed by atoms with van der Waals surface area (Å²) in [6.45, 7) is 8.64. The maximum Gasteiger partial charge on any atom is 0.513 e. The van der Waals surface area contributed by atoms with Gasteiger partial charge in [0.25, 0.3) is 0 Å². The zero-order chi connectivity index (χ0) is 21.5. The predicted molar refractivity (Wildman–Crippen MR) is 111 cm³/mol. The fraction of sp³-hybridized carbons (Fsp3) is 0.583. The fourth-order valence-corrected chi connectivity index (χ4v) is 5.35. The van der Waals surface area contributed by atoms with E-state index in [4.69, 9.17) is 18.9 Å². The molecule has 2 heterocycles. The molecule has 0 atom stereocenters. The van der Waals surface area contributed by atoms with Gasteiger partial charge < -0.3 is 18.9 Å². The van der Waals surface area contributed by atoms with E-state index in [2.05, 4.69) is 0 Å². The van der Waals surface area contributed by atoms with Crippen molar-refractivity contribution < 1.29 is 28.5 Å². The Balaban J connectivity index is 1.78. The lowest BCUT2D eigenvalue weighted by Crippen LogP contribution is -2.44. The van der Waals surface area contributed by atoms with Crippen LogP contribution in [0.2, 0.25) is 0 Å². The molecule has 30 heavy (non-hydrogen) atoms. The van der Waals surface area contributed by atoms with E-state index in [0.717, 1.165) is 54.5 Å². The van der Waals surface area contributed by atoms with Gasteiger partial charge in [0.15, 0.2) is 11.4 Å². The molecule has 6 heteroatoms. The van der Waals surface area contributed by atoms with E-state index in [-0.39, 0.29) is 12.2 Å². The molecule has 3 aliphatic rings. The van der Waals surface area contributed by atoms with Crippen LogP contribution in [0.5, 0.6) is 0 Å². The van der Waals surface area contributed by atoms with E-state index in [1.54, 1.807) is 6.92 Å². The van der Waals surface area contributed by atoms with Crippen LogP contribution < -0.4 is 0 Å². The highest BCUT2D eigenvalue weighted by Crippen LogP contribution is 2.52. The summed E-state index contributed by atoms with van der Waals surface area (Å²) in [4.78, 5) is 25.5. The van der Waals surface area contributed by atoms with E-state index in [9.17, 15) is 9.59 Å². The summed E-state index contributed by atoms with van der Waals surface area (Å²) < 4.78 is 22.8. The molecular formula is C24H30O6. The Bertz CT molecular complexity index is 873. The molecule has 1 aromatic carbocycles. The van der Waals surface area contributed by atoms with E-state index in [1.165, 1.54) is 0 Å². The largest absolute Gasteiger partial charge is 0.513 e. The molecule has 1 saturated carbocycles. The molecule has 0 unspecified atom stereocenters. The van der Waals surface area contributed by atoms with Gasteiger partial charge in [0.05, 0.1) is 12.2 Å². The van der Waals surface area contributed by atoms with Crippen molar-refractivity contribution >= 4 is 17.7 Å². The minimum atomic E-state index is -0.944. The third-order valence-electron chi connectivity index (χ3n) is 6.66. The van der Waals surface area contributed by atoms with Gasteiger partial charge in [0, 0.05) is 6.61 Å². The van der Waals surface area contributed by atoms with Crippen molar-refractivity contribution in [2.45, 2.75) is 77.4 Å². The number of carbonyl (C=O) groups excluding carboxylic acids is 2.